The number of hydrogen-bond acceptors (Lipinski definition) is 5. The molecule has 0 radical (unpaired) electrons. The highest BCUT2D eigenvalue weighted by atomic mass is 32.1. The summed E-state index contributed by atoms with van der Waals surface area (Å²) < 4.78 is 0. The molecule has 0 bridgehead atoms. The first-order valence-electron chi connectivity index (χ1n) is 10.1. The Morgan fingerprint density at radius 1 is 1.22 bits per heavy atom. The van der Waals surface area contributed by atoms with E-state index in [0.717, 1.165) is 24.5 Å². The van der Waals surface area contributed by atoms with Gasteiger partial charge < -0.3 is 15.1 Å². The Labute approximate surface area is 166 Å². The molecule has 7 heteroatoms. The van der Waals surface area contributed by atoms with E-state index in [0.29, 0.717) is 31.5 Å². The third kappa shape index (κ3) is 5.53. The largest absolute Gasteiger partial charge is 0.351 e. The molecule has 3 heterocycles. The van der Waals surface area contributed by atoms with Crippen molar-refractivity contribution in [2.45, 2.75) is 44.7 Å². The van der Waals surface area contributed by atoms with Gasteiger partial charge in [0.1, 0.15) is 0 Å². The number of carbonyl (C=O) groups excluding carboxylic acids is 2. The molecule has 3 rings (SSSR count). The summed E-state index contributed by atoms with van der Waals surface area (Å²) in [7, 11) is 2.19. The maximum absolute atomic E-state index is 12.5. The van der Waals surface area contributed by atoms with Crippen LogP contribution in [0.2, 0.25) is 0 Å². The zero-order chi connectivity index (χ0) is 19.2. The van der Waals surface area contributed by atoms with E-state index < -0.39 is 0 Å². The van der Waals surface area contributed by atoms with Crippen LogP contribution in [0.3, 0.4) is 0 Å². The topological polar surface area (TPSA) is 55.9 Å². The predicted octanol–water partition coefficient (Wildman–Crippen LogP) is 1.88. The van der Waals surface area contributed by atoms with Crippen LogP contribution >= 0.6 is 11.3 Å². The molecule has 0 spiro atoms. The van der Waals surface area contributed by atoms with Crippen molar-refractivity contribution < 1.29 is 9.59 Å². The molecule has 2 fully saturated rings. The van der Waals surface area contributed by atoms with Gasteiger partial charge in [0.2, 0.25) is 5.91 Å². The Morgan fingerprint density at radius 2 is 2.00 bits per heavy atom. The van der Waals surface area contributed by atoms with Crippen LogP contribution in [0.5, 0.6) is 0 Å². The van der Waals surface area contributed by atoms with Gasteiger partial charge in [-0.25, -0.2) is 0 Å². The van der Waals surface area contributed by atoms with Gasteiger partial charge in [0.15, 0.2) is 0 Å². The molecule has 1 N–H and O–H groups in total. The zero-order valence-corrected chi connectivity index (χ0v) is 17.3. The maximum Gasteiger partial charge on any atom is 0.261 e. The third-order valence-corrected chi connectivity index (χ3v) is 6.66. The van der Waals surface area contributed by atoms with Crippen molar-refractivity contribution in [3.63, 3.8) is 0 Å². The first kappa shape index (κ1) is 20.3. The van der Waals surface area contributed by atoms with Crippen LogP contribution in [0.4, 0.5) is 0 Å². The highest BCUT2D eigenvalue weighted by Gasteiger charge is 2.32. The van der Waals surface area contributed by atoms with Gasteiger partial charge >= 0.3 is 0 Å². The minimum Gasteiger partial charge on any atom is -0.351 e. The highest BCUT2D eigenvalue weighted by Crippen LogP contribution is 2.21. The molecule has 2 aliphatic heterocycles. The molecule has 6 nitrogen and oxygen atoms in total. The SMILES string of the molecule is C[C@H]1CN(C(=O)CCCNC(=O)c2cccs2)CCN1C1CCN(C)CC1. The molecule has 2 aliphatic rings. The Balaban J connectivity index is 1.35. The molecule has 1 atom stereocenters. The number of likely N-dealkylation sites (tertiary alicyclic amines) is 1. The summed E-state index contributed by atoms with van der Waals surface area (Å²) in [5, 5.41) is 4.79. The summed E-state index contributed by atoms with van der Waals surface area (Å²) in [6, 6.07) is 4.78. The third-order valence-electron chi connectivity index (χ3n) is 5.79. The molecule has 0 aromatic carbocycles. The van der Waals surface area contributed by atoms with Crippen LogP contribution in [0.1, 0.15) is 42.3 Å². The molecule has 2 amide bonds. The normalized spacial score (nSPS) is 22.7. The number of nitrogens with one attached hydrogen (secondary N) is 1. The van der Waals surface area contributed by atoms with E-state index in [-0.39, 0.29) is 11.8 Å². The van der Waals surface area contributed by atoms with Crippen LogP contribution < -0.4 is 5.32 Å². The fourth-order valence-electron chi connectivity index (χ4n) is 4.16. The Hall–Kier alpha value is -1.44. The van der Waals surface area contributed by atoms with Gasteiger partial charge in [0.05, 0.1) is 4.88 Å². The van der Waals surface area contributed by atoms with Gasteiger partial charge in [-0.2, -0.15) is 0 Å². The molecular formula is C20H32N4O2S. The van der Waals surface area contributed by atoms with Gasteiger partial charge in [-0.15, -0.1) is 11.3 Å². The lowest BCUT2D eigenvalue weighted by atomic mass is 10.00. The molecular weight excluding hydrogens is 360 g/mol. The lowest BCUT2D eigenvalue weighted by molar-refractivity contribution is -0.135. The smallest absolute Gasteiger partial charge is 0.261 e. The second-order valence-electron chi connectivity index (χ2n) is 7.80. The number of nitrogens with zero attached hydrogens (tertiary/aromatic N) is 3. The van der Waals surface area contributed by atoms with Crippen molar-refractivity contribution >= 4 is 23.2 Å². The monoisotopic (exact) mass is 392 g/mol. The second kappa shape index (κ2) is 9.66. The lowest BCUT2D eigenvalue weighted by Crippen LogP contribution is -2.58. The average molecular weight is 393 g/mol. The summed E-state index contributed by atoms with van der Waals surface area (Å²) in [5.41, 5.74) is 0. The Bertz CT molecular complexity index is 614. The van der Waals surface area contributed by atoms with E-state index in [1.807, 2.05) is 22.4 Å². The van der Waals surface area contributed by atoms with Crippen LogP contribution in [0.25, 0.3) is 0 Å². The number of piperazine rings is 1. The second-order valence-corrected chi connectivity index (χ2v) is 8.75. The van der Waals surface area contributed by atoms with E-state index in [1.165, 1.54) is 37.3 Å². The number of rotatable bonds is 6. The van der Waals surface area contributed by atoms with Crippen molar-refractivity contribution in [2.75, 3.05) is 46.3 Å². The number of amides is 2. The predicted molar refractivity (Wildman–Crippen MR) is 109 cm³/mol. The molecule has 1 aromatic heterocycles. The van der Waals surface area contributed by atoms with Crippen molar-refractivity contribution in [1.82, 2.24) is 20.0 Å². The fourth-order valence-corrected chi connectivity index (χ4v) is 4.80. The van der Waals surface area contributed by atoms with E-state index >= 15 is 0 Å². The molecule has 27 heavy (non-hydrogen) atoms. The Kier molecular flexibility index (Phi) is 7.26. The summed E-state index contributed by atoms with van der Waals surface area (Å²) in [6.07, 6.45) is 3.67. The standard InChI is InChI=1S/C20H32N4O2S/c1-16-15-23(12-13-24(16)17-7-10-22(2)11-8-17)19(25)6-3-9-21-20(26)18-5-4-14-27-18/h4-5,14,16-17H,3,6-13,15H2,1-2H3,(H,21,26)/t16-/m0/s1. The number of piperidine rings is 1. The minimum atomic E-state index is -0.0437. The lowest BCUT2D eigenvalue weighted by Gasteiger charge is -2.46. The van der Waals surface area contributed by atoms with Gasteiger partial charge in [0, 0.05) is 44.7 Å². The summed E-state index contributed by atoms with van der Waals surface area (Å²) in [6.45, 7) is 7.79. The van der Waals surface area contributed by atoms with Gasteiger partial charge in [-0.05, 0) is 57.8 Å². The van der Waals surface area contributed by atoms with Crippen molar-refractivity contribution in [3.8, 4) is 0 Å². The molecule has 1 aromatic rings. The van der Waals surface area contributed by atoms with Crippen molar-refractivity contribution in [1.29, 1.82) is 0 Å². The first-order chi connectivity index (χ1) is 13.0. The van der Waals surface area contributed by atoms with E-state index in [9.17, 15) is 9.59 Å². The first-order valence-corrected chi connectivity index (χ1v) is 11.0. The van der Waals surface area contributed by atoms with Crippen LogP contribution in [0.15, 0.2) is 17.5 Å². The summed E-state index contributed by atoms with van der Waals surface area (Å²) >= 11 is 1.44. The summed E-state index contributed by atoms with van der Waals surface area (Å²) in [5.74, 6) is 0.174. The average Bonchev–Trinajstić information content (AvgIpc) is 3.20. The van der Waals surface area contributed by atoms with Gasteiger partial charge in [-0.3, -0.25) is 14.5 Å². The van der Waals surface area contributed by atoms with Crippen molar-refractivity contribution in [3.05, 3.63) is 22.4 Å². The van der Waals surface area contributed by atoms with E-state index in [4.69, 9.17) is 0 Å². The van der Waals surface area contributed by atoms with Gasteiger partial charge in [-0.1, -0.05) is 6.07 Å². The summed E-state index contributed by atoms with van der Waals surface area (Å²) in [4.78, 5) is 32.2. The zero-order valence-electron chi connectivity index (χ0n) is 16.5. The van der Waals surface area contributed by atoms with Crippen LogP contribution in [-0.2, 0) is 4.79 Å². The van der Waals surface area contributed by atoms with Crippen LogP contribution in [-0.4, -0.2) is 84.9 Å². The molecule has 150 valence electrons. The minimum absolute atomic E-state index is 0.0437. The Morgan fingerprint density at radius 3 is 2.67 bits per heavy atom. The number of hydrogen-bond donors (Lipinski definition) is 1. The molecule has 0 saturated carbocycles. The highest BCUT2D eigenvalue weighted by molar-refractivity contribution is 7.12. The van der Waals surface area contributed by atoms with Crippen molar-refractivity contribution in [2.24, 2.45) is 0 Å². The molecule has 0 aliphatic carbocycles. The molecule has 2 saturated heterocycles. The van der Waals surface area contributed by atoms with Gasteiger partial charge in [0.25, 0.3) is 5.91 Å². The van der Waals surface area contributed by atoms with Crippen LogP contribution in [0, 0.1) is 0 Å². The quantitative estimate of drug-likeness (QED) is 0.751. The van der Waals surface area contributed by atoms with E-state index in [2.05, 4.69) is 29.1 Å². The van der Waals surface area contributed by atoms with E-state index in [1.54, 1.807) is 0 Å². The fraction of sp³-hybridized carbons (Fsp3) is 0.700. The maximum atomic E-state index is 12.5. The number of thiophene rings is 1. The number of carbonyl (C=O) groups is 2. The molecule has 0 unspecified atom stereocenters.